The highest BCUT2D eigenvalue weighted by Crippen LogP contribution is 2.41. The number of hydrogen-bond acceptors (Lipinski definition) is 3. The molecule has 0 amide bonds. The van der Waals surface area contributed by atoms with Gasteiger partial charge >= 0.3 is 0 Å². The van der Waals surface area contributed by atoms with Crippen LogP contribution in [0.5, 0.6) is 0 Å². The molecule has 2 saturated heterocycles. The Hall–Kier alpha value is -0.120. The summed E-state index contributed by atoms with van der Waals surface area (Å²) in [5, 5.41) is 9.70. The van der Waals surface area contributed by atoms with E-state index in [9.17, 15) is 5.11 Å². The second-order valence-electron chi connectivity index (χ2n) is 7.00. The van der Waals surface area contributed by atoms with Gasteiger partial charge < -0.3 is 14.7 Å². The van der Waals surface area contributed by atoms with Gasteiger partial charge in [-0.15, -0.1) is 0 Å². The van der Waals surface area contributed by atoms with Gasteiger partial charge in [-0.1, -0.05) is 12.8 Å². The number of nitrogens with zero attached hydrogens (tertiary/aromatic N) is 1. The Morgan fingerprint density at radius 1 is 1.16 bits per heavy atom. The molecule has 0 aromatic carbocycles. The summed E-state index contributed by atoms with van der Waals surface area (Å²) in [6, 6.07) is 0.738. The Morgan fingerprint density at radius 3 is 2.47 bits per heavy atom. The molecule has 0 radical (unpaired) electrons. The number of hydrogen-bond donors (Lipinski definition) is 1. The molecule has 3 rings (SSSR count). The van der Waals surface area contributed by atoms with Crippen molar-refractivity contribution in [3.8, 4) is 0 Å². The molecule has 1 aliphatic carbocycles. The van der Waals surface area contributed by atoms with Crippen molar-refractivity contribution >= 4 is 0 Å². The lowest BCUT2D eigenvalue weighted by molar-refractivity contribution is -0.106. The second kappa shape index (κ2) is 5.71. The Morgan fingerprint density at radius 2 is 1.84 bits per heavy atom. The number of aliphatic hydroxyl groups excluding tert-OH is 1. The minimum Gasteiger partial charge on any atom is -0.393 e. The van der Waals surface area contributed by atoms with Crippen molar-refractivity contribution in [3.63, 3.8) is 0 Å². The molecule has 3 aliphatic rings. The topological polar surface area (TPSA) is 32.7 Å². The maximum atomic E-state index is 9.70. The molecule has 0 bridgehead atoms. The van der Waals surface area contributed by atoms with E-state index in [4.69, 9.17) is 4.74 Å². The average Bonchev–Trinajstić information content (AvgIpc) is 2.87. The summed E-state index contributed by atoms with van der Waals surface area (Å²) in [4.78, 5) is 2.68. The van der Waals surface area contributed by atoms with Gasteiger partial charge in [0, 0.05) is 12.6 Å². The monoisotopic (exact) mass is 267 g/mol. The van der Waals surface area contributed by atoms with Crippen LogP contribution in [-0.4, -0.2) is 47.4 Å². The number of piperidine rings is 1. The van der Waals surface area contributed by atoms with Gasteiger partial charge in [0.05, 0.1) is 11.7 Å². The molecule has 2 unspecified atom stereocenters. The predicted octanol–water partition coefficient (Wildman–Crippen LogP) is 2.57. The molecule has 0 aromatic heterocycles. The quantitative estimate of drug-likeness (QED) is 0.834. The predicted molar refractivity (Wildman–Crippen MR) is 76.2 cm³/mol. The SMILES string of the molecule is CC(O)C1CCN(C2CCOC3(CCCC3)C2)CC1. The lowest BCUT2D eigenvalue weighted by Crippen LogP contribution is -2.50. The van der Waals surface area contributed by atoms with E-state index in [1.54, 1.807) is 0 Å². The first-order valence-electron chi connectivity index (χ1n) is 8.25. The summed E-state index contributed by atoms with van der Waals surface area (Å²) in [7, 11) is 0. The molecule has 0 aromatic rings. The van der Waals surface area contributed by atoms with Crippen LogP contribution in [0.3, 0.4) is 0 Å². The van der Waals surface area contributed by atoms with Crippen molar-refractivity contribution in [1.29, 1.82) is 0 Å². The number of rotatable bonds is 2. The molecule has 2 heterocycles. The van der Waals surface area contributed by atoms with Crippen LogP contribution >= 0.6 is 0 Å². The maximum absolute atomic E-state index is 9.70. The maximum Gasteiger partial charge on any atom is 0.0697 e. The lowest BCUT2D eigenvalue weighted by Gasteiger charge is -2.45. The molecule has 1 N–H and O–H groups in total. The Balaban J connectivity index is 1.55. The van der Waals surface area contributed by atoms with Crippen molar-refractivity contribution in [2.24, 2.45) is 5.92 Å². The van der Waals surface area contributed by atoms with E-state index in [-0.39, 0.29) is 11.7 Å². The second-order valence-corrected chi connectivity index (χ2v) is 7.00. The fourth-order valence-corrected chi connectivity index (χ4v) is 4.45. The lowest BCUT2D eigenvalue weighted by atomic mass is 9.85. The van der Waals surface area contributed by atoms with Crippen LogP contribution in [0.1, 0.15) is 58.3 Å². The van der Waals surface area contributed by atoms with Crippen LogP contribution in [0.25, 0.3) is 0 Å². The summed E-state index contributed by atoms with van der Waals surface area (Å²) in [6.07, 6.45) is 9.96. The first-order chi connectivity index (χ1) is 9.19. The van der Waals surface area contributed by atoms with Gasteiger partial charge in [-0.25, -0.2) is 0 Å². The van der Waals surface area contributed by atoms with Gasteiger partial charge in [-0.2, -0.15) is 0 Å². The van der Waals surface area contributed by atoms with Crippen LogP contribution < -0.4 is 0 Å². The average molecular weight is 267 g/mol. The van der Waals surface area contributed by atoms with E-state index < -0.39 is 0 Å². The van der Waals surface area contributed by atoms with E-state index in [0.29, 0.717) is 5.92 Å². The standard InChI is InChI=1S/C16H29NO2/c1-13(18)14-4-9-17(10-5-14)15-6-11-19-16(12-15)7-2-3-8-16/h13-15,18H,2-12H2,1H3. The highest BCUT2D eigenvalue weighted by atomic mass is 16.5. The minimum absolute atomic E-state index is 0.127. The fraction of sp³-hybridized carbons (Fsp3) is 1.00. The van der Waals surface area contributed by atoms with Crippen LogP contribution in [0.4, 0.5) is 0 Å². The number of aliphatic hydroxyl groups is 1. The largest absolute Gasteiger partial charge is 0.393 e. The van der Waals surface area contributed by atoms with Gasteiger partial charge in [-0.05, 0) is 64.5 Å². The smallest absolute Gasteiger partial charge is 0.0697 e. The van der Waals surface area contributed by atoms with Crippen molar-refractivity contribution in [2.75, 3.05) is 19.7 Å². The van der Waals surface area contributed by atoms with Gasteiger partial charge in [0.15, 0.2) is 0 Å². The van der Waals surface area contributed by atoms with Crippen molar-refractivity contribution in [1.82, 2.24) is 4.90 Å². The van der Waals surface area contributed by atoms with Crippen LogP contribution in [0, 0.1) is 5.92 Å². The van der Waals surface area contributed by atoms with Crippen LogP contribution in [0.15, 0.2) is 0 Å². The molecule has 2 aliphatic heterocycles. The van der Waals surface area contributed by atoms with E-state index >= 15 is 0 Å². The Kier molecular flexibility index (Phi) is 4.16. The zero-order valence-electron chi connectivity index (χ0n) is 12.3. The van der Waals surface area contributed by atoms with E-state index in [2.05, 4.69) is 4.90 Å². The molecule has 3 nitrogen and oxygen atoms in total. The molecular weight excluding hydrogens is 238 g/mol. The van der Waals surface area contributed by atoms with E-state index in [1.165, 1.54) is 64.5 Å². The molecule has 2 atom stereocenters. The van der Waals surface area contributed by atoms with Gasteiger partial charge in [-0.3, -0.25) is 0 Å². The van der Waals surface area contributed by atoms with Crippen molar-refractivity contribution in [2.45, 2.75) is 76.0 Å². The first-order valence-corrected chi connectivity index (χ1v) is 8.25. The highest BCUT2D eigenvalue weighted by Gasteiger charge is 2.42. The molecule has 3 fully saturated rings. The molecule has 1 spiro atoms. The molecule has 3 heteroatoms. The third kappa shape index (κ3) is 2.98. The first kappa shape index (κ1) is 13.8. The van der Waals surface area contributed by atoms with Crippen LogP contribution in [-0.2, 0) is 4.74 Å². The third-order valence-electron chi connectivity index (χ3n) is 5.75. The minimum atomic E-state index is -0.127. The molecule has 110 valence electrons. The van der Waals surface area contributed by atoms with Gasteiger partial charge in [0.1, 0.15) is 0 Å². The number of likely N-dealkylation sites (tertiary alicyclic amines) is 1. The van der Waals surface area contributed by atoms with Gasteiger partial charge in [0.25, 0.3) is 0 Å². The third-order valence-corrected chi connectivity index (χ3v) is 5.75. The van der Waals surface area contributed by atoms with E-state index in [1.807, 2.05) is 6.92 Å². The summed E-state index contributed by atoms with van der Waals surface area (Å²) >= 11 is 0. The molecule has 19 heavy (non-hydrogen) atoms. The van der Waals surface area contributed by atoms with E-state index in [0.717, 1.165) is 12.6 Å². The molecular formula is C16H29NO2. The Bertz CT molecular complexity index is 291. The zero-order chi connectivity index (χ0) is 13.3. The van der Waals surface area contributed by atoms with Gasteiger partial charge in [0.2, 0.25) is 0 Å². The summed E-state index contributed by atoms with van der Waals surface area (Å²) in [5.41, 5.74) is 0.240. The number of ether oxygens (including phenoxy) is 1. The summed E-state index contributed by atoms with van der Waals surface area (Å²) < 4.78 is 6.14. The fourth-order valence-electron chi connectivity index (χ4n) is 4.45. The van der Waals surface area contributed by atoms with Crippen LogP contribution in [0.2, 0.25) is 0 Å². The van der Waals surface area contributed by atoms with Crippen molar-refractivity contribution in [3.05, 3.63) is 0 Å². The Labute approximate surface area is 117 Å². The summed E-state index contributed by atoms with van der Waals surface area (Å²) in [5.74, 6) is 0.525. The summed E-state index contributed by atoms with van der Waals surface area (Å²) in [6.45, 7) is 5.26. The zero-order valence-corrected chi connectivity index (χ0v) is 12.3. The molecule has 1 saturated carbocycles. The van der Waals surface area contributed by atoms with Crippen molar-refractivity contribution < 1.29 is 9.84 Å². The normalized spacial score (nSPS) is 34.7. The highest BCUT2D eigenvalue weighted by molar-refractivity contribution is 4.95.